The van der Waals surface area contributed by atoms with E-state index in [-0.39, 0.29) is 17.0 Å². The Balaban J connectivity index is 3.23. The molecule has 0 spiro atoms. The first kappa shape index (κ1) is 32.4. The fourth-order valence-corrected chi connectivity index (χ4v) is 4.03. The average Bonchev–Trinajstić information content (AvgIpc) is 2.79. The van der Waals surface area contributed by atoms with Gasteiger partial charge in [-0.15, -0.1) is 6.58 Å². The molecule has 216 valence electrons. The number of methoxy groups -OCH3 is 1. The molecule has 0 amide bonds. The van der Waals surface area contributed by atoms with Gasteiger partial charge in [-0.3, -0.25) is 14.3 Å². The molecule has 39 heavy (non-hydrogen) atoms. The van der Waals surface area contributed by atoms with Gasteiger partial charge >= 0.3 is 24.5 Å². The van der Waals surface area contributed by atoms with E-state index in [0.29, 0.717) is 4.57 Å². The highest BCUT2D eigenvalue weighted by Crippen LogP contribution is 2.46. The molecule has 1 atom stereocenters. The van der Waals surface area contributed by atoms with Gasteiger partial charge in [-0.05, 0) is 35.0 Å². The molecule has 2 aromatic rings. The van der Waals surface area contributed by atoms with Gasteiger partial charge in [-0.1, -0.05) is 17.7 Å². The number of anilines is 2. The summed E-state index contributed by atoms with van der Waals surface area (Å²) in [4.78, 5) is 29.0. The van der Waals surface area contributed by atoms with E-state index in [0.717, 1.165) is 13.2 Å². The first-order chi connectivity index (χ1) is 17.8. The molecule has 0 aliphatic rings. The maximum Gasteiger partial charge on any atom is 0.434 e. The minimum atomic E-state index is -5.50. The summed E-state index contributed by atoms with van der Waals surface area (Å²) in [6.45, 7) is 3.54. The third-order valence-corrected chi connectivity index (χ3v) is 5.89. The lowest BCUT2D eigenvalue weighted by molar-refractivity contribution is -0.154. The molecular formula is C21H16BrClF9N3O4. The molecule has 2 rings (SSSR count). The predicted molar refractivity (Wildman–Crippen MR) is 122 cm³/mol. The number of carbonyl (C=O) groups excluding carboxylic acids is 1. The number of halogens is 11. The summed E-state index contributed by atoms with van der Waals surface area (Å²) in [7, 11) is 0.750. The lowest BCUT2D eigenvalue weighted by atomic mass is 10.1. The van der Waals surface area contributed by atoms with E-state index in [1.54, 1.807) is 0 Å². The van der Waals surface area contributed by atoms with Gasteiger partial charge in [0.15, 0.2) is 5.69 Å². The molecule has 1 aromatic heterocycles. The Morgan fingerprint density at radius 3 is 2.18 bits per heavy atom. The quantitative estimate of drug-likeness (QED) is 0.138. The van der Waals surface area contributed by atoms with Gasteiger partial charge in [0.05, 0.1) is 28.4 Å². The second kappa shape index (κ2) is 11.8. The van der Waals surface area contributed by atoms with Crippen molar-refractivity contribution in [2.45, 2.75) is 38.2 Å². The van der Waals surface area contributed by atoms with Crippen molar-refractivity contribution in [3.05, 3.63) is 61.5 Å². The second-order valence-corrected chi connectivity index (χ2v) is 8.51. The minimum Gasteiger partial charge on any atom is -0.463 e. The van der Waals surface area contributed by atoms with Crippen LogP contribution in [0, 0.1) is 0 Å². The van der Waals surface area contributed by atoms with Crippen molar-refractivity contribution in [2.75, 3.05) is 18.6 Å². The smallest absolute Gasteiger partial charge is 0.434 e. The zero-order valence-corrected chi connectivity index (χ0v) is 21.9. The number of rotatable bonds is 8. The number of benzene rings is 1. The molecule has 0 saturated heterocycles. The Bertz CT molecular complexity index is 1310. The van der Waals surface area contributed by atoms with E-state index >= 15 is 0 Å². The third kappa shape index (κ3) is 6.87. The molecule has 7 nitrogen and oxygen atoms in total. The van der Waals surface area contributed by atoms with Crippen LogP contribution in [0.15, 0.2) is 34.1 Å². The number of allylic oxidation sites excluding steroid dienone is 1. The summed E-state index contributed by atoms with van der Waals surface area (Å²) in [5.74, 6) is -2.73. The molecule has 0 fully saturated rings. The zero-order valence-electron chi connectivity index (χ0n) is 19.6. The van der Waals surface area contributed by atoms with Crippen molar-refractivity contribution in [1.82, 2.24) is 9.55 Å². The lowest BCUT2D eigenvalue weighted by Gasteiger charge is -2.33. The number of hydrogen-bond acceptors (Lipinski definition) is 6. The monoisotopic (exact) mass is 659 g/mol. The molecule has 18 heteroatoms. The van der Waals surface area contributed by atoms with Crippen LogP contribution in [0.2, 0.25) is 5.02 Å². The van der Waals surface area contributed by atoms with Crippen LogP contribution in [0.1, 0.15) is 23.7 Å². The second-order valence-electron chi connectivity index (χ2n) is 7.34. The Morgan fingerprint density at radius 2 is 1.74 bits per heavy atom. The van der Waals surface area contributed by atoms with E-state index in [1.165, 1.54) is 6.92 Å². The Kier molecular flexibility index (Phi) is 9.77. The highest BCUT2D eigenvalue weighted by atomic mass is 79.9. The van der Waals surface area contributed by atoms with Crippen LogP contribution in [0.4, 0.5) is 51.1 Å². The van der Waals surface area contributed by atoms with Gasteiger partial charge in [-0.2, -0.15) is 39.5 Å². The van der Waals surface area contributed by atoms with E-state index < -0.39 is 87.4 Å². The molecule has 0 radical (unpaired) electrons. The first-order valence-electron chi connectivity index (χ1n) is 10.3. The maximum atomic E-state index is 13.7. The van der Waals surface area contributed by atoms with Crippen LogP contribution < -0.4 is 10.5 Å². The number of hydrogen-bond donors (Lipinski definition) is 0. The number of aromatic nitrogens is 2. The molecule has 0 N–H and O–H groups in total. The van der Waals surface area contributed by atoms with Gasteiger partial charge in [0.2, 0.25) is 12.2 Å². The van der Waals surface area contributed by atoms with E-state index in [9.17, 15) is 49.1 Å². The highest BCUT2D eigenvalue weighted by Gasteiger charge is 2.44. The van der Waals surface area contributed by atoms with Crippen molar-refractivity contribution < 1.29 is 53.8 Å². The van der Waals surface area contributed by atoms with E-state index in [4.69, 9.17) is 21.1 Å². The molecule has 0 bridgehead atoms. The SMILES string of the molecule is C=CCn1c(N(c2cc(C(F)(F)F)cc(C(F)(F)F)c2Cl)C(OC)C(=O)OCC)nc(C(F)(F)F)c(Br)c1=O. The van der Waals surface area contributed by atoms with Crippen LogP contribution in [0.5, 0.6) is 0 Å². The molecule has 0 saturated carbocycles. The van der Waals surface area contributed by atoms with Crippen molar-refractivity contribution in [2.24, 2.45) is 0 Å². The van der Waals surface area contributed by atoms with Crippen LogP contribution in [0.25, 0.3) is 0 Å². The first-order valence-corrected chi connectivity index (χ1v) is 11.4. The van der Waals surface area contributed by atoms with Gasteiger partial charge in [0, 0.05) is 13.7 Å². The fraction of sp³-hybridized carbons (Fsp3) is 0.381. The molecule has 0 aliphatic carbocycles. The van der Waals surface area contributed by atoms with E-state index in [2.05, 4.69) is 27.5 Å². The van der Waals surface area contributed by atoms with Gasteiger partial charge in [0.1, 0.15) is 4.47 Å². The fourth-order valence-electron chi connectivity index (χ4n) is 3.20. The van der Waals surface area contributed by atoms with Crippen molar-refractivity contribution >= 4 is 45.1 Å². The van der Waals surface area contributed by atoms with Crippen LogP contribution in [0.3, 0.4) is 0 Å². The van der Waals surface area contributed by atoms with Crippen molar-refractivity contribution in [1.29, 1.82) is 0 Å². The summed E-state index contributed by atoms with van der Waals surface area (Å²) in [6, 6.07) is -0.300. The Hall–Kier alpha value is -2.79. The van der Waals surface area contributed by atoms with Gasteiger partial charge in [0.25, 0.3) is 5.56 Å². The zero-order chi connectivity index (χ0) is 30.1. The number of esters is 1. The summed E-state index contributed by atoms with van der Waals surface area (Å²) in [6.07, 6.45) is -17.7. The number of alkyl halides is 9. The summed E-state index contributed by atoms with van der Waals surface area (Å²) < 4.78 is 132. The Morgan fingerprint density at radius 1 is 1.15 bits per heavy atom. The average molecular weight is 661 g/mol. The predicted octanol–water partition coefficient (Wildman–Crippen LogP) is 6.58. The van der Waals surface area contributed by atoms with Crippen molar-refractivity contribution in [3.8, 4) is 0 Å². The number of nitrogens with zero attached hydrogens (tertiary/aromatic N) is 3. The maximum absolute atomic E-state index is 13.7. The van der Waals surface area contributed by atoms with Crippen LogP contribution in [-0.2, 0) is 39.3 Å². The molecule has 1 unspecified atom stereocenters. The molecular weight excluding hydrogens is 645 g/mol. The topological polar surface area (TPSA) is 73.7 Å². The molecule has 1 aromatic carbocycles. The largest absolute Gasteiger partial charge is 0.463 e. The minimum absolute atomic E-state index is 0.0303. The number of carbonyl (C=O) groups is 1. The van der Waals surface area contributed by atoms with E-state index in [1.807, 2.05) is 0 Å². The van der Waals surface area contributed by atoms with Crippen LogP contribution >= 0.6 is 27.5 Å². The van der Waals surface area contributed by atoms with Gasteiger partial charge in [-0.25, -0.2) is 9.78 Å². The normalized spacial score (nSPS) is 13.3. The van der Waals surface area contributed by atoms with Crippen LogP contribution in [-0.4, -0.2) is 35.5 Å². The standard InChI is InChI=1S/C21H16BrClF9N3O4/c1-4-6-34-15(36)12(22)14(21(30,31)32)33-18(34)35(16(38-3)17(37)39-5-2)11-8-9(19(24,25)26)7-10(13(11)23)20(27,28)29/h4,7-8,16H,1,5-6H2,2-3H3. The lowest BCUT2D eigenvalue weighted by Crippen LogP contribution is -2.45. The van der Waals surface area contributed by atoms with Gasteiger partial charge < -0.3 is 9.47 Å². The number of ether oxygens (including phenoxy) is 2. The molecule has 0 aliphatic heterocycles. The third-order valence-electron chi connectivity index (χ3n) is 4.78. The molecule has 1 heterocycles. The summed E-state index contributed by atoms with van der Waals surface area (Å²) in [5.41, 5.74) is -8.70. The summed E-state index contributed by atoms with van der Waals surface area (Å²) in [5, 5.41) is -1.47. The van der Waals surface area contributed by atoms with Crippen molar-refractivity contribution in [3.63, 3.8) is 0 Å². The highest BCUT2D eigenvalue weighted by molar-refractivity contribution is 9.10. The summed E-state index contributed by atoms with van der Waals surface area (Å²) >= 11 is 8.33. The Labute approximate surface area is 226 Å².